The molecule has 2 aliphatic rings. The molecule has 4 rings (SSSR count). The molecule has 0 aliphatic carbocycles. The van der Waals surface area contributed by atoms with E-state index in [1.165, 1.54) is 4.31 Å². The summed E-state index contributed by atoms with van der Waals surface area (Å²) in [5, 5.41) is 4.01. The van der Waals surface area contributed by atoms with Crippen LogP contribution in [0.5, 0.6) is 11.5 Å². The Morgan fingerprint density at radius 3 is 2.56 bits per heavy atom. The van der Waals surface area contributed by atoms with Crippen molar-refractivity contribution in [1.82, 2.24) is 18.8 Å². The molecule has 1 aromatic carbocycles. The minimum atomic E-state index is -3.58. The second-order valence-corrected chi connectivity index (χ2v) is 9.63. The third-order valence-electron chi connectivity index (χ3n) is 4.57. The van der Waals surface area contributed by atoms with E-state index in [4.69, 9.17) is 21.1 Å². The van der Waals surface area contributed by atoms with Gasteiger partial charge in [-0.1, -0.05) is 16.1 Å². The fraction of sp³-hybridized carbons (Fsp3) is 0.500. The predicted octanol–water partition coefficient (Wildman–Crippen LogP) is 1.86. The van der Waals surface area contributed by atoms with Gasteiger partial charge in [-0.15, -0.1) is 5.10 Å². The first-order chi connectivity index (χ1) is 13.0. The molecule has 2 aliphatic heterocycles. The number of aromatic nitrogens is 2. The van der Waals surface area contributed by atoms with E-state index in [1.807, 2.05) is 0 Å². The summed E-state index contributed by atoms with van der Waals surface area (Å²) < 4.78 is 43.1. The Morgan fingerprint density at radius 2 is 1.85 bits per heavy atom. The molecule has 0 bridgehead atoms. The molecule has 146 valence electrons. The average molecular weight is 431 g/mol. The summed E-state index contributed by atoms with van der Waals surface area (Å²) >= 11 is 7.21. The molecule has 0 saturated carbocycles. The molecule has 1 aromatic heterocycles. The molecule has 1 fully saturated rings. The zero-order chi connectivity index (χ0) is 18.9. The lowest BCUT2D eigenvalue weighted by molar-refractivity contribution is 0.180. The van der Waals surface area contributed by atoms with E-state index in [-0.39, 0.29) is 4.90 Å². The van der Waals surface area contributed by atoms with Gasteiger partial charge in [-0.05, 0) is 12.1 Å². The lowest BCUT2D eigenvalue weighted by Crippen LogP contribution is -2.48. The van der Waals surface area contributed by atoms with E-state index in [0.29, 0.717) is 61.8 Å². The van der Waals surface area contributed by atoms with E-state index in [1.54, 1.807) is 18.2 Å². The van der Waals surface area contributed by atoms with Crippen molar-refractivity contribution < 1.29 is 17.9 Å². The third kappa shape index (κ3) is 4.04. The smallest absolute Gasteiger partial charge is 0.243 e. The Kier molecular flexibility index (Phi) is 5.51. The third-order valence-corrected chi connectivity index (χ3v) is 7.45. The van der Waals surface area contributed by atoms with Gasteiger partial charge < -0.3 is 9.47 Å². The minimum Gasteiger partial charge on any atom is -0.490 e. The number of hydrogen-bond donors (Lipinski definition) is 0. The summed E-state index contributed by atoms with van der Waals surface area (Å²) in [6.45, 7) is 3.70. The summed E-state index contributed by atoms with van der Waals surface area (Å²) in [4.78, 5) is 2.36. The largest absolute Gasteiger partial charge is 0.490 e. The maximum atomic E-state index is 13.0. The molecule has 11 heteroatoms. The summed E-state index contributed by atoms with van der Waals surface area (Å²) in [5.74, 6) is 1.07. The van der Waals surface area contributed by atoms with Gasteiger partial charge in [0.05, 0.1) is 18.1 Å². The van der Waals surface area contributed by atoms with Crippen LogP contribution >= 0.6 is 23.1 Å². The van der Waals surface area contributed by atoms with Crippen molar-refractivity contribution in [3.8, 4) is 11.5 Å². The highest BCUT2D eigenvalue weighted by Crippen LogP contribution is 2.33. The summed E-state index contributed by atoms with van der Waals surface area (Å²) in [5.41, 5.74) is 0.737. The number of sulfonamides is 1. The van der Waals surface area contributed by atoms with Crippen molar-refractivity contribution in [3.63, 3.8) is 0 Å². The molecule has 3 heterocycles. The molecule has 0 atom stereocenters. The Labute approximate surface area is 166 Å². The van der Waals surface area contributed by atoms with Crippen LogP contribution in [0.1, 0.15) is 12.1 Å². The summed E-state index contributed by atoms with van der Waals surface area (Å²) in [6, 6.07) is 4.81. The van der Waals surface area contributed by atoms with Gasteiger partial charge >= 0.3 is 0 Å². The molecule has 2 aromatic rings. The molecule has 0 unspecified atom stereocenters. The molecule has 0 N–H and O–H groups in total. The number of fused-ring (bicyclic) bond motifs is 1. The van der Waals surface area contributed by atoms with Gasteiger partial charge in [0.15, 0.2) is 11.5 Å². The normalized spacial score (nSPS) is 19.0. The van der Waals surface area contributed by atoms with Gasteiger partial charge in [0.25, 0.3) is 0 Å². The van der Waals surface area contributed by atoms with E-state index >= 15 is 0 Å². The lowest BCUT2D eigenvalue weighted by atomic mass is 10.3. The highest BCUT2D eigenvalue weighted by molar-refractivity contribution is 7.89. The summed E-state index contributed by atoms with van der Waals surface area (Å²) in [6.07, 6.45) is 0.775. The molecular formula is C16H19ClN4O4S2. The van der Waals surface area contributed by atoms with Crippen LogP contribution < -0.4 is 9.47 Å². The molecule has 8 nitrogen and oxygen atoms in total. The molecule has 0 spiro atoms. The molecule has 1 saturated heterocycles. The maximum absolute atomic E-state index is 13.0. The molecule has 27 heavy (non-hydrogen) atoms. The van der Waals surface area contributed by atoms with Gasteiger partial charge in [-0.3, -0.25) is 4.90 Å². The van der Waals surface area contributed by atoms with Gasteiger partial charge in [0.2, 0.25) is 10.0 Å². The monoisotopic (exact) mass is 430 g/mol. The topological polar surface area (TPSA) is 84.9 Å². The van der Waals surface area contributed by atoms with Gasteiger partial charge in [0, 0.05) is 56.7 Å². The fourth-order valence-corrected chi connectivity index (χ4v) is 5.13. The number of nitrogens with zero attached hydrogens (tertiary/aromatic N) is 4. The van der Waals surface area contributed by atoms with Crippen molar-refractivity contribution in [1.29, 1.82) is 0 Å². The first-order valence-electron chi connectivity index (χ1n) is 8.63. The van der Waals surface area contributed by atoms with Gasteiger partial charge in [-0.2, -0.15) is 4.31 Å². The number of ether oxygens (including phenoxy) is 2. The highest BCUT2D eigenvalue weighted by Gasteiger charge is 2.30. The highest BCUT2D eigenvalue weighted by atomic mass is 35.5. The number of benzene rings is 1. The van der Waals surface area contributed by atoms with Crippen LogP contribution in [0.2, 0.25) is 4.34 Å². The molecular weight excluding hydrogens is 412 g/mol. The number of hydrogen-bond acceptors (Lipinski definition) is 8. The van der Waals surface area contributed by atoms with Crippen molar-refractivity contribution in [2.45, 2.75) is 17.9 Å². The van der Waals surface area contributed by atoms with Crippen LogP contribution in [-0.4, -0.2) is 66.6 Å². The standard InChI is InChI=1S/C16H19ClN4O4S2/c17-16-13(18-19-26-16)11-20-4-6-21(7-5-20)27(22,23)12-2-3-14-15(10-12)25-9-1-8-24-14/h2-3,10H,1,4-9,11H2. The second kappa shape index (κ2) is 7.88. The van der Waals surface area contributed by atoms with E-state index in [0.717, 1.165) is 23.6 Å². The van der Waals surface area contributed by atoms with Gasteiger partial charge in [0.1, 0.15) is 10.0 Å². The van der Waals surface area contributed by atoms with Gasteiger partial charge in [-0.25, -0.2) is 8.42 Å². The average Bonchev–Trinajstić information content (AvgIpc) is 2.93. The quantitative estimate of drug-likeness (QED) is 0.731. The predicted molar refractivity (Wildman–Crippen MR) is 101 cm³/mol. The molecule has 0 amide bonds. The van der Waals surface area contributed by atoms with Crippen molar-refractivity contribution in [3.05, 3.63) is 28.2 Å². The van der Waals surface area contributed by atoms with E-state index in [2.05, 4.69) is 14.5 Å². The first kappa shape index (κ1) is 18.9. The second-order valence-electron chi connectivity index (χ2n) is 6.33. The zero-order valence-electron chi connectivity index (χ0n) is 14.5. The Balaban J connectivity index is 1.44. The maximum Gasteiger partial charge on any atom is 0.243 e. The van der Waals surface area contributed by atoms with Crippen LogP contribution in [0.15, 0.2) is 23.1 Å². The van der Waals surface area contributed by atoms with Crippen molar-refractivity contribution >= 4 is 33.2 Å². The number of halogens is 1. The first-order valence-corrected chi connectivity index (χ1v) is 11.2. The lowest BCUT2D eigenvalue weighted by Gasteiger charge is -2.33. The van der Waals surface area contributed by atoms with Crippen LogP contribution in [-0.2, 0) is 16.6 Å². The number of piperazine rings is 1. The van der Waals surface area contributed by atoms with Crippen LogP contribution in [0.3, 0.4) is 0 Å². The number of rotatable bonds is 4. The van der Waals surface area contributed by atoms with Crippen LogP contribution in [0.4, 0.5) is 0 Å². The van der Waals surface area contributed by atoms with Crippen LogP contribution in [0.25, 0.3) is 0 Å². The summed E-state index contributed by atoms with van der Waals surface area (Å²) in [7, 11) is -3.58. The Bertz CT molecular complexity index is 913. The Morgan fingerprint density at radius 1 is 1.11 bits per heavy atom. The van der Waals surface area contributed by atoms with Crippen LogP contribution in [0, 0.1) is 0 Å². The minimum absolute atomic E-state index is 0.229. The van der Waals surface area contributed by atoms with Crippen molar-refractivity contribution in [2.24, 2.45) is 0 Å². The molecule has 0 radical (unpaired) electrons. The zero-order valence-corrected chi connectivity index (χ0v) is 16.9. The fourth-order valence-electron chi connectivity index (χ4n) is 3.08. The van der Waals surface area contributed by atoms with E-state index in [9.17, 15) is 8.42 Å². The van der Waals surface area contributed by atoms with E-state index < -0.39 is 10.0 Å². The SMILES string of the molecule is O=S(=O)(c1ccc2c(c1)OCCCO2)N1CCN(Cc2nnsc2Cl)CC1. The van der Waals surface area contributed by atoms with Crippen molar-refractivity contribution in [2.75, 3.05) is 39.4 Å². The Hall–Kier alpha value is -1.46.